The Bertz CT molecular complexity index is 977. The first-order valence-corrected chi connectivity index (χ1v) is 11.8. The number of carbonyl (C=O) groups excluding carboxylic acids is 1. The lowest BCUT2D eigenvalue weighted by Gasteiger charge is -2.28. The number of amides is 1. The quantitative estimate of drug-likeness (QED) is 0.490. The molecule has 1 heterocycles. The van der Waals surface area contributed by atoms with Gasteiger partial charge in [0.2, 0.25) is 21.1 Å². The highest BCUT2D eigenvalue weighted by atomic mass is 32.2. The molecule has 1 atom stereocenters. The zero-order valence-corrected chi connectivity index (χ0v) is 18.3. The molecule has 0 spiro atoms. The summed E-state index contributed by atoms with van der Waals surface area (Å²) in [5, 5.41) is 10.6. The highest BCUT2D eigenvalue weighted by Crippen LogP contribution is 2.33. The summed E-state index contributed by atoms with van der Waals surface area (Å²) in [5.74, 6) is -0.745. The maximum atomic E-state index is 13.0. The van der Waals surface area contributed by atoms with Gasteiger partial charge in [0.1, 0.15) is 6.04 Å². The zero-order valence-electron chi connectivity index (χ0n) is 15.9. The molecule has 1 aromatic carbocycles. The number of thioether (sulfide) groups is 1. The van der Waals surface area contributed by atoms with E-state index in [1.165, 1.54) is 24.8 Å². The van der Waals surface area contributed by atoms with Crippen molar-refractivity contribution in [2.24, 2.45) is 0 Å². The van der Waals surface area contributed by atoms with Gasteiger partial charge in [-0.2, -0.15) is 13.2 Å². The van der Waals surface area contributed by atoms with Gasteiger partial charge in [0.05, 0.1) is 17.5 Å². The van der Waals surface area contributed by atoms with Crippen LogP contribution in [-0.2, 0) is 21.0 Å². The van der Waals surface area contributed by atoms with Gasteiger partial charge in [-0.15, -0.1) is 10.2 Å². The first-order chi connectivity index (χ1) is 13.3. The third-order valence-corrected chi connectivity index (χ3v) is 6.66. The number of nitrogens with zero attached hydrogens (tertiary/aromatic N) is 3. The average Bonchev–Trinajstić information content (AvgIpc) is 2.99. The monoisotopic (exact) mass is 468 g/mol. The summed E-state index contributed by atoms with van der Waals surface area (Å²) in [6.45, 7) is 5.21. The standard InChI is InChI=1S/C16H19F3N4O3S3/c1-9(2)27-15-22-21-14(28-15)20-13(24)10(3)23(29(4,25)26)12-7-5-6-11(8-12)16(17,18)19/h5-10H,1-4H3,(H,20,21,24). The Labute approximate surface area is 174 Å². The van der Waals surface area contributed by atoms with Crippen LogP contribution >= 0.6 is 23.1 Å². The van der Waals surface area contributed by atoms with Crippen LogP contribution in [0.4, 0.5) is 24.0 Å². The van der Waals surface area contributed by atoms with E-state index in [2.05, 4.69) is 15.5 Å². The molecule has 0 aliphatic carbocycles. The van der Waals surface area contributed by atoms with Crippen LogP contribution in [0.2, 0.25) is 0 Å². The summed E-state index contributed by atoms with van der Waals surface area (Å²) in [4.78, 5) is 12.6. The minimum absolute atomic E-state index is 0.169. The summed E-state index contributed by atoms with van der Waals surface area (Å²) < 4.78 is 64.8. The highest BCUT2D eigenvalue weighted by Gasteiger charge is 2.34. The summed E-state index contributed by atoms with van der Waals surface area (Å²) >= 11 is 2.57. The zero-order chi connectivity index (χ0) is 22.0. The van der Waals surface area contributed by atoms with Crippen LogP contribution in [0.3, 0.4) is 0 Å². The topological polar surface area (TPSA) is 92.3 Å². The van der Waals surface area contributed by atoms with E-state index in [1.807, 2.05) is 13.8 Å². The van der Waals surface area contributed by atoms with E-state index >= 15 is 0 Å². The Morgan fingerprint density at radius 1 is 1.24 bits per heavy atom. The van der Waals surface area contributed by atoms with Crippen molar-refractivity contribution < 1.29 is 26.4 Å². The lowest BCUT2D eigenvalue weighted by Crippen LogP contribution is -2.45. The van der Waals surface area contributed by atoms with Crippen LogP contribution in [0.5, 0.6) is 0 Å². The molecule has 2 rings (SSSR count). The van der Waals surface area contributed by atoms with Crippen molar-refractivity contribution in [3.05, 3.63) is 29.8 Å². The van der Waals surface area contributed by atoms with Crippen molar-refractivity contribution >= 4 is 49.8 Å². The SMILES string of the molecule is CC(C)Sc1nnc(NC(=O)C(C)N(c2cccc(C(F)(F)F)c2)S(C)(=O)=O)s1. The molecule has 1 aromatic heterocycles. The highest BCUT2D eigenvalue weighted by molar-refractivity contribution is 8.01. The lowest BCUT2D eigenvalue weighted by molar-refractivity contribution is -0.137. The number of alkyl halides is 3. The second-order valence-electron chi connectivity index (χ2n) is 6.31. The number of hydrogen-bond donors (Lipinski definition) is 1. The fraction of sp³-hybridized carbons (Fsp3) is 0.438. The molecule has 29 heavy (non-hydrogen) atoms. The molecule has 7 nitrogen and oxygen atoms in total. The van der Waals surface area contributed by atoms with Gasteiger partial charge >= 0.3 is 6.18 Å². The Hall–Kier alpha value is -1.86. The second-order valence-corrected chi connectivity index (χ2v) is 11.0. The molecule has 0 bridgehead atoms. The van der Waals surface area contributed by atoms with Gasteiger partial charge in [-0.3, -0.25) is 14.4 Å². The van der Waals surface area contributed by atoms with Gasteiger partial charge in [-0.25, -0.2) is 8.42 Å². The third-order valence-electron chi connectivity index (χ3n) is 3.49. The molecular weight excluding hydrogens is 449 g/mol. The first-order valence-electron chi connectivity index (χ1n) is 8.26. The van der Waals surface area contributed by atoms with Crippen LogP contribution in [-0.4, -0.2) is 42.1 Å². The Morgan fingerprint density at radius 2 is 1.90 bits per heavy atom. The molecule has 1 amide bonds. The Kier molecular flexibility index (Phi) is 7.17. The molecular formula is C16H19F3N4O3S3. The maximum absolute atomic E-state index is 13.0. The van der Waals surface area contributed by atoms with Crippen LogP contribution in [0.25, 0.3) is 0 Å². The van der Waals surface area contributed by atoms with Crippen LogP contribution in [0.1, 0.15) is 26.3 Å². The fourth-order valence-corrected chi connectivity index (χ4v) is 5.49. The molecule has 0 saturated heterocycles. The molecule has 13 heteroatoms. The smallest absolute Gasteiger partial charge is 0.299 e. The van der Waals surface area contributed by atoms with Gasteiger partial charge < -0.3 is 0 Å². The van der Waals surface area contributed by atoms with E-state index in [0.717, 1.165) is 29.7 Å². The van der Waals surface area contributed by atoms with Crippen molar-refractivity contribution in [3.8, 4) is 0 Å². The van der Waals surface area contributed by atoms with Gasteiger partial charge in [0.25, 0.3) is 0 Å². The minimum Gasteiger partial charge on any atom is -0.299 e. The normalized spacial score (nSPS) is 13.4. The van der Waals surface area contributed by atoms with Crippen molar-refractivity contribution in [3.63, 3.8) is 0 Å². The van der Waals surface area contributed by atoms with Crippen molar-refractivity contribution in [1.29, 1.82) is 0 Å². The second kappa shape index (κ2) is 8.88. The number of halogens is 3. The largest absolute Gasteiger partial charge is 0.416 e. The Morgan fingerprint density at radius 3 is 2.45 bits per heavy atom. The van der Waals surface area contributed by atoms with Gasteiger partial charge in [0, 0.05) is 5.25 Å². The van der Waals surface area contributed by atoms with Crippen LogP contribution < -0.4 is 9.62 Å². The summed E-state index contributed by atoms with van der Waals surface area (Å²) in [5.41, 5.74) is -1.28. The Balaban J connectivity index is 2.29. The molecule has 1 unspecified atom stereocenters. The lowest BCUT2D eigenvalue weighted by atomic mass is 10.2. The maximum Gasteiger partial charge on any atom is 0.416 e. The summed E-state index contributed by atoms with van der Waals surface area (Å²) in [6.07, 6.45) is -3.83. The molecule has 0 aliphatic heterocycles. The number of carbonyl (C=O) groups is 1. The van der Waals surface area contributed by atoms with Gasteiger partial charge in [-0.1, -0.05) is 43.0 Å². The van der Waals surface area contributed by atoms with Crippen molar-refractivity contribution in [2.75, 3.05) is 15.9 Å². The number of nitrogens with one attached hydrogen (secondary N) is 1. The number of anilines is 2. The number of benzene rings is 1. The number of sulfonamides is 1. The van der Waals surface area contributed by atoms with Gasteiger partial charge in [-0.05, 0) is 25.1 Å². The van der Waals surface area contributed by atoms with Crippen LogP contribution in [0.15, 0.2) is 28.6 Å². The molecule has 2 aromatic rings. The molecule has 0 saturated carbocycles. The molecule has 160 valence electrons. The van der Waals surface area contributed by atoms with Crippen molar-refractivity contribution in [1.82, 2.24) is 10.2 Å². The van der Waals surface area contributed by atoms with E-state index in [-0.39, 0.29) is 16.1 Å². The molecule has 0 fully saturated rings. The van der Waals surface area contributed by atoms with E-state index in [9.17, 15) is 26.4 Å². The number of aromatic nitrogens is 2. The van der Waals surface area contributed by atoms with Gasteiger partial charge in [0.15, 0.2) is 4.34 Å². The summed E-state index contributed by atoms with van der Waals surface area (Å²) in [7, 11) is -4.06. The van der Waals surface area contributed by atoms with Crippen molar-refractivity contribution in [2.45, 2.75) is 42.6 Å². The third kappa shape index (κ3) is 6.31. The predicted molar refractivity (Wildman–Crippen MR) is 108 cm³/mol. The van der Waals surface area contributed by atoms with Crippen LogP contribution in [0, 0.1) is 0 Å². The number of rotatable bonds is 7. The van der Waals surface area contributed by atoms with E-state index in [4.69, 9.17) is 0 Å². The van der Waals surface area contributed by atoms with E-state index < -0.39 is 33.7 Å². The van der Waals surface area contributed by atoms with E-state index in [1.54, 1.807) is 0 Å². The van der Waals surface area contributed by atoms with E-state index in [0.29, 0.717) is 14.7 Å². The first kappa shape index (κ1) is 23.4. The number of hydrogen-bond acceptors (Lipinski definition) is 7. The average molecular weight is 469 g/mol. The fourth-order valence-electron chi connectivity index (χ4n) is 2.35. The summed E-state index contributed by atoms with van der Waals surface area (Å²) in [6, 6.07) is 2.47. The minimum atomic E-state index is -4.65. The molecule has 1 N–H and O–H groups in total. The predicted octanol–water partition coefficient (Wildman–Crippen LogP) is 3.85. The molecule has 0 aliphatic rings. The molecule has 0 radical (unpaired) electrons.